The Balaban J connectivity index is 2.10. The molecular formula is C25H22Cl2N2O. The molecule has 0 aliphatic rings. The first-order chi connectivity index (χ1) is 14.5. The van der Waals surface area contributed by atoms with Gasteiger partial charge in [-0.1, -0.05) is 60.3 Å². The van der Waals surface area contributed by atoms with Crippen LogP contribution in [-0.4, -0.2) is 9.13 Å². The Labute approximate surface area is 186 Å². The van der Waals surface area contributed by atoms with Crippen LogP contribution in [0.2, 0.25) is 10.0 Å². The average molecular weight is 437 g/mol. The van der Waals surface area contributed by atoms with Gasteiger partial charge in [-0.25, -0.2) is 4.79 Å². The van der Waals surface area contributed by atoms with Crippen molar-refractivity contribution >= 4 is 23.2 Å². The molecule has 0 fully saturated rings. The van der Waals surface area contributed by atoms with Gasteiger partial charge in [0, 0.05) is 15.6 Å². The summed E-state index contributed by atoms with van der Waals surface area (Å²) in [7, 11) is 0. The molecule has 1 aromatic heterocycles. The Morgan fingerprint density at radius 1 is 0.800 bits per heavy atom. The number of aryl methyl sites for hydroxylation is 1. The molecule has 0 saturated carbocycles. The molecular weight excluding hydrogens is 415 g/mol. The van der Waals surface area contributed by atoms with E-state index in [1.54, 1.807) is 9.13 Å². The Hall–Kier alpha value is -2.75. The predicted molar refractivity (Wildman–Crippen MR) is 126 cm³/mol. The number of imidazole rings is 1. The predicted octanol–water partition coefficient (Wildman–Crippen LogP) is 6.86. The Morgan fingerprint density at radius 3 is 1.90 bits per heavy atom. The Bertz CT molecular complexity index is 1240. The maximum Gasteiger partial charge on any atom is 0.338 e. The first-order valence-corrected chi connectivity index (χ1v) is 10.7. The third-order valence-corrected chi connectivity index (χ3v) is 5.60. The number of rotatable bonds is 5. The number of hydrogen-bond acceptors (Lipinski definition) is 1. The van der Waals surface area contributed by atoms with Crippen LogP contribution in [0.1, 0.15) is 24.6 Å². The molecule has 0 N–H and O–H groups in total. The standard InChI is InChI=1S/C25H22Cl2N2O/c1-3-5-23-24(18-7-4-6-17(2)16-18)29(22-14-10-20(27)11-15-22)25(30)28(23)21-12-8-19(26)9-13-21/h4,6-16H,3,5H2,1-2H3. The first-order valence-electron chi connectivity index (χ1n) is 9.95. The molecule has 0 radical (unpaired) electrons. The van der Waals surface area contributed by atoms with Gasteiger partial charge in [0.05, 0.1) is 22.8 Å². The molecule has 0 bridgehead atoms. The minimum Gasteiger partial charge on any atom is -0.264 e. The maximum atomic E-state index is 13.8. The van der Waals surface area contributed by atoms with Crippen molar-refractivity contribution in [2.45, 2.75) is 26.7 Å². The van der Waals surface area contributed by atoms with E-state index in [0.29, 0.717) is 10.0 Å². The summed E-state index contributed by atoms with van der Waals surface area (Å²) in [5, 5.41) is 1.27. The first kappa shape index (κ1) is 20.5. The highest BCUT2D eigenvalue weighted by Gasteiger charge is 2.23. The van der Waals surface area contributed by atoms with E-state index < -0.39 is 0 Å². The van der Waals surface area contributed by atoms with E-state index in [4.69, 9.17) is 23.2 Å². The van der Waals surface area contributed by atoms with E-state index in [1.807, 2.05) is 54.6 Å². The number of aromatic nitrogens is 2. The quantitative estimate of drug-likeness (QED) is 0.335. The summed E-state index contributed by atoms with van der Waals surface area (Å²) in [5.74, 6) is 0. The molecule has 5 heteroatoms. The second-order valence-electron chi connectivity index (χ2n) is 7.32. The highest BCUT2D eigenvalue weighted by Crippen LogP contribution is 2.30. The lowest BCUT2D eigenvalue weighted by Crippen LogP contribution is -2.23. The minimum absolute atomic E-state index is 0.111. The summed E-state index contributed by atoms with van der Waals surface area (Å²) < 4.78 is 3.58. The topological polar surface area (TPSA) is 26.9 Å². The van der Waals surface area contributed by atoms with Crippen LogP contribution < -0.4 is 5.69 Å². The van der Waals surface area contributed by atoms with E-state index in [2.05, 4.69) is 32.0 Å². The van der Waals surface area contributed by atoms with E-state index in [-0.39, 0.29) is 5.69 Å². The lowest BCUT2D eigenvalue weighted by Gasteiger charge is -2.12. The number of halogens is 2. The van der Waals surface area contributed by atoms with Crippen LogP contribution in [-0.2, 0) is 6.42 Å². The van der Waals surface area contributed by atoms with Crippen LogP contribution in [0, 0.1) is 6.92 Å². The van der Waals surface area contributed by atoms with E-state index >= 15 is 0 Å². The molecule has 152 valence electrons. The fourth-order valence-corrected chi connectivity index (χ4v) is 4.04. The highest BCUT2D eigenvalue weighted by atomic mass is 35.5. The van der Waals surface area contributed by atoms with Crippen LogP contribution in [0.25, 0.3) is 22.6 Å². The molecule has 3 nitrogen and oxygen atoms in total. The molecule has 0 amide bonds. The smallest absolute Gasteiger partial charge is 0.264 e. The van der Waals surface area contributed by atoms with Crippen molar-refractivity contribution in [2.75, 3.05) is 0 Å². The van der Waals surface area contributed by atoms with Crippen LogP contribution in [0.15, 0.2) is 77.6 Å². The highest BCUT2D eigenvalue weighted by molar-refractivity contribution is 6.30. The number of benzene rings is 3. The molecule has 3 aromatic carbocycles. The minimum atomic E-state index is -0.111. The van der Waals surface area contributed by atoms with Crippen LogP contribution in [0.4, 0.5) is 0 Å². The van der Waals surface area contributed by atoms with Gasteiger partial charge in [0.2, 0.25) is 0 Å². The molecule has 0 saturated heterocycles. The molecule has 4 aromatic rings. The fourth-order valence-electron chi connectivity index (χ4n) is 3.79. The second-order valence-corrected chi connectivity index (χ2v) is 8.19. The zero-order valence-electron chi connectivity index (χ0n) is 16.9. The van der Waals surface area contributed by atoms with Crippen LogP contribution in [0.3, 0.4) is 0 Å². The van der Waals surface area contributed by atoms with Crippen molar-refractivity contribution in [1.29, 1.82) is 0 Å². The van der Waals surface area contributed by atoms with Crippen molar-refractivity contribution in [3.05, 3.63) is 105 Å². The number of hydrogen-bond donors (Lipinski definition) is 0. The van der Waals surface area contributed by atoms with Gasteiger partial charge < -0.3 is 0 Å². The van der Waals surface area contributed by atoms with Gasteiger partial charge in [-0.05, 0) is 67.9 Å². The van der Waals surface area contributed by atoms with Crippen molar-refractivity contribution in [3.8, 4) is 22.6 Å². The van der Waals surface area contributed by atoms with Gasteiger partial charge in [-0.3, -0.25) is 9.13 Å². The third kappa shape index (κ3) is 3.83. The van der Waals surface area contributed by atoms with Crippen LogP contribution >= 0.6 is 23.2 Å². The molecule has 0 aliphatic heterocycles. The van der Waals surface area contributed by atoms with Crippen molar-refractivity contribution < 1.29 is 0 Å². The lowest BCUT2D eigenvalue weighted by atomic mass is 10.0. The number of nitrogens with zero attached hydrogens (tertiary/aromatic N) is 2. The Morgan fingerprint density at radius 2 is 1.37 bits per heavy atom. The van der Waals surface area contributed by atoms with E-state index in [9.17, 15) is 4.79 Å². The second kappa shape index (κ2) is 8.55. The summed E-state index contributed by atoms with van der Waals surface area (Å²) in [6.45, 7) is 4.18. The summed E-state index contributed by atoms with van der Waals surface area (Å²) in [5.41, 5.74) is 5.51. The molecule has 0 aliphatic carbocycles. The fraction of sp³-hybridized carbons (Fsp3) is 0.160. The normalized spacial score (nSPS) is 11.1. The molecule has 0 atom stereocenters. The third-order valence-electron chi connectivity index (χ3n) is 5.10. The van der Waals surface area contributed by atoms with Crippen molar-refractivity contribution in [3.63, 3.8) is 0 Å². The molecule has 0 spiro atoms. The van der Waals surface area contributed by atoms with Gasteiger partial charge >= 0.3 is 5.69 Å². The summed E-state index contributed by atoms with van der Waals surface area (Å²) >= 11 is 12.2. The Kier molecular flexibility index (Phi) is 5.85. The molecule has 0 unspecified atom stereocenters. The van der Waals surface area contributed by atoms with Gasteiger partial charge in [0.15, 0.2) is 0 Å². The molecule has 1 heterocycles. The summed E-state index contributed by atoms with van der Waals surface area (Å²) in [4.78, 5) is 13.8. The van der Waals surface area contributed by atoms with Gasteiger partial charge in [0.1, 0.15) is 0 Å². The zero-order valence-corrected chi connectivity index (χ0v) is 18.4. The van der Waals surface area contributed by atoms with E-state index in [0.717, 1.165) is 46.7 Å². The van der Waals surface area contributed by atoms with E-state index in [1.165, 1.54) is 0 Å². The van der Waals surface area contributed by atoms with Crippen LogP contribution in [0.5, 0.6) is 0 Å². The summed E-state index contributed by atoms with van der Waals surface area (Å²) in [6.07, 6.45) is 1.68. The SMILES string of the molecule is CCCc1c(-c2cccc(C)c2)n(-c2ccc(Cl)cc2)c(=O)n1-c1ccc(Cl)cc1. The van der Waals surface area contributed by atoms with Gasteiger partial charge in [-0.15, -0.1) is 0 Å². The maximum absolute atomic E-state index is 13.8. The molecule has 4 rings (SSSR count). The largest absolute Gasteiger partial charge is 0.338 e. The van der Waals surface area contributed by atoms with Gasteiger partial charge in [-0.2, -0.15) is 0 Å². The average Bonchev–Trinajstić information content (AvgIpc) is 3.02. The summed E-state index contributed by atoms with van der Waals surface area (Å²) in [6, 6.07) is 23.0. The monoisotopic (exact) mass is 436 g/mol. The lowest BCUT2D eigenvalue weighted by molar-refractivity contribution is 0.823. The van der Waals surface area contributed by atoms with Crippen molar-refractivity contribution in [1.82, 2.24) is 9.13 Å². The van der Waals surface area contributed by atoms with Crippen molar-refractivity contribution in [2.24, 2.45) is 0 Å². The zero-order chi connectivity index (χ0) is 21.3. The van der Waals surface area contributed by atoms with Gasteiger partial charge in [0.25, 0.3) is 0 Å². The molecule has 30 heavy (non-hydrogen) atoms.